The van der Waals surface area contributed by atoms with Crippen molar-refractivity contribution in [2.24, 2.45) is 13.0 Å². The molecule has 5 nitrogen and oxygen atoms in total. The minimum Gasteiger partial charge on any atom is -0.486 e. The molecule has 0 aliphatic rings. The van der Waals surface area contributed by atoms with Crippen LogP contribution in [0.3, 0.4) is 0 Å². The average molecular weight is 532 g/mol. The van der Waals surface area contributed by atoms with Crippen molar-refractivity contribution in [1.29, 1.82) is 0 Å². The van der Waals surface area contributed by atoms with Crippen LogP contribution in [0.4, 0.5) is 0 Å². The van der Waals surface area contributed by atoms with Crippen molar-refractivity contribution in [3.8, 4) is 5.75 Å². The van der Waals surface area contributed by atoms with E-state index in [1.807, 2.05) is 48.9 Å². The Morgan fingerprint density at radius 3 is 2.23 bits per heavy atom. The number of carboxylic acid groups (broad SMARTS) is 1. The number of nitrogens with zero attached hydrogens (tertiary/aromatic N) is 1. The molecule has 1 atom stereocenters. The van der Waals surface area contributed by atoms with Gasteiger partial charge in [-0.2, -0.15) is 0 Å². The minimum absolute atomic E-state index is 0.0151. The number of rotatable bonds is 16. The largest absolute Gasteiger partial charge is 0.486 e. The van der Waals surface area contributed by atoms with Gasteiger partial charge in [-0.05, 0) is 85.9 Å². The Morgan fingerprint density at radius 2 is 1.64 bits per heavy atom. The van der Waals surface area contributed by atoms with Gasteiger partial charge >= 0.3 is 5.97 Å². The fourth-order valence-electron chi connectivity index (χ4n) is 5.20. The summed E-state index contributed by atoms with van der Waals surface area (Å²) < 4.78 is 8.52. The van der Waals surface area contributed by atoms with Crippen molar-refractivity contribution in [3.05, 3.63) is 88.2 Å². The highest BCUT2D eigenvalue weighted by molar-refractivity contribution is 6.10. The van der Waals surface area contributed by atoms with E-state index in [1.165, 1.54) is 17.5 Å². The number of carboxylic acids is 1. The van der Waals surface area contributed by atoms with Crippen molar-refractivity contribution in [3.63, 3.8) is 0 Å². The lowest BCUT2D eigenvalue weighted by molar-refractivity contribution is -0.137. The topological polar surface area (TPSA) is 68.5 Å². The third-order valence-corrected chi connectivity index (χ3v) is 7.32. The van der Waals surface area contributed by atoms with Crippen molar-refractivity contribution in [1.82, 2.24) is 4.57 Å². The highest BCUT2D eigenvalue weighted by Gasteiger charge is 2.20. The first kappa shape index (κ1) is 30.2. The molecule has 0 saturated carbocycles. The van der Waals surface area contributed by atoms with Gasteiger partial charge < -0.3 is 14.4 Å². The standard InChI is InChI=1S/C34H45NO4/c1-6-8-9-12-32(26-16-14-25(15-17-26)22-24(3)4)39-29-20-18-27(19-21-29)34(38)30-23-28(11-10-13-33(36)37)35(5)31(30)7-2/h14-21,23-24,32H,6-13,22H2,1-5H3,(H,36,37). The molecule has 0 saturated heterocycles. The lowest BCUT2D eigenvalue weighted by Crippen LogP contribution is -2.09. The number of ether oxygens (including phenoxy) is 1. The van der Waals surface area contributed by atoms with Gasteiger partial charge in [0.2, 0.25) is 0 Å². The second-order valence-electron chi connectivity index (χ2n) is 11.0. The first-order valence-corrected chi connectivity index (χ1v) is 14.5. The highest BCUT2D eigenvalue weighted by atomic mass is 16.5. The third kappa shape index (κ3) is 8.58. The zero-order chi connectivity index (χ0) is 28.4. The zero-order valence-corrected chi connectivity index (χ0v) is 24.3. The number of carbonyl (C=O) groups is 2. The van der Waals surface area contributed by atoms with Gasteiger partial charge in [0.1, 0.15) is 11.9 Å². The summed E-state index contributed by atoms with van der Waals surface area (Å²) in [6, 6.07) is 18.3. The molecule has 0 fully saturated rings. The average Bonchev–Trinajstić information content (AvgIpc) is 3.23. The number of hydrogen-bond donors (Lipinski definition) is 1. The van der Waals surface area contributed by atoms with Crippen LogP contribution in [0.15, 0.2) is 54.6 Å². The number of carbonyl (C=O) groups excluding carboxylic acids is 1. The van der Waals surface area contributed by atoms with Crippen LogP contribution in [0.25, 0.3) is 0 Å². The first-order valence-electron chi connectivity index (χ1n) is 14.5. The molecule has 0 spiro atoms. The predicted molar refractivity (Wildman–Crippen MR) is 158 cm³/mol. The molecule has 3 aromatic rings. The van der Waals surface area contributed by atoms with Crippen LogP contribution in [0.1, 0.15) is 111 Å². The maximum Gasteiger partial charge on any atom is 0.303 e. The van der Waals surface area contributed by atoms with Crippen LogP contribution in [-0.4, -0.2) is 21.4 Å². The summed E-state index contributed by atoms with van der Waals surface area (Å²) in [6.07, 6.45) is 7.48. The van der Waals surface area contributed by atoms with Gasteiger partial charge in [-0.1, -0.05) is 64.8 Å². The summed E-state index contributed by atoms with van der Waals surface area (Å²) >= 11 is 0. The first-order chi connectivity index (χ1) is 18.7. The maximum absolute atomic E-state index is 13.5. The van der Waals surface area contributed by atoms with E-state index in [9.17, 15) is 9.59 Å². The van der Waals surface area contributed by atoms with Crippen molar-refractivity contribution >= 4 is 11.8 Å². The Balaban J connectivity index is 1.75. The molecule has 2 aromatic carbocycles. The fourth-order valence-corrected chi connectivity index (χ4v) is 5.20. The van der Waals surface area contributed by atoms with Crippen LogP contribution in [-0.2, 0) is 31.1 Å². The normalized spacial score (nSPS) is 12.1. The van der Waals surface area contributed by atoms with Gasteiger partial charge in [-0.3, -0.25) is 9.59 Å². The maximum atomic E-state index is 13.5. The SMILES string of the molecule is CCCCCC(Oc1ccc(C(=O)c2cc(CCCC(=O)O)n(C)c2CC)cc1)c1ccc(CC(C)C)cc1. The van der Waals surface area contributed by atoms with E-state index in [0.717, 1.165) is 49.2 Å². The van der Waals surface area contributed by atoms with E-state index in [0.29, 0.717) is 29.9 Å². The number of benzene rings is 2. The molecule has 0 aliphatic carbocycles. The molecular formula is C34H45NO4. The van der Waals surface area contributed by atoms with Gasteiger partial charge in [0, 0.05) is 36.0 Å². The summed E-state index contributed by atoms with van der Waals surface area (Å²) in [4.78, 5) is 24.4. The number of ketones is 1. The smallest absolute Gasteiger partial charge is 0.303 e. The lowest BCUT2D eigenvalue weighted by Gasteiger charge is -2.20. The van der Waals surface area contributed by atoms with Crippen LogP contribution in [0, 0.1) is 5.92 Å². The van der Waals surface area contributed by atoms with E-state index >= 15 is 0 Å². The Morgan fingerprint density at radius 1 is 0.949 bits per heavy atom. The van der Waals surface area contributed by atoms with Gasteiger partial charge in [0.15, 0.2) is 5.78 Å². The second kappa shape index (κ2) is 14.7. The molecule has 1 N–H and O–H groups in total. The van der Waals surface area contributed by atoms with E-state index in [2.05, 4.69) is 45.0 Å². The van der Waals surface area contributed by atoms with E-state index in [1.54, 1.807) is 0 Å². The Hall–Kier alpha value is -3.34. The quantitative estimate of drug-likeness (QED) is 0.150. The summed E-state index contributed by atoms with van der Waals surface area (Å²) in [5, 5.41) is 8.97. The van der Waals surface area contributed by atoms with E-state index < -0.39 is 5.97 Å². The van der Waals surface area contributed by atoms with E-state index in [-0.39, 0.29) is 18.3 Å². The molecule has 1 unspecified atom stereocenters. The predicted octanol–water partition coefficient (Wildman–Crippen LogP) is 8.12. The minimum atomic E-state index is -0.797. The summed E-state index contributed by atoms with van der Waals surface area (Å²) in [5.41, 5.74) is 5.82. The second-order valence-corrected chi connectivity index (χ2v) is 11.0. The number of aliphatic carboxylic acids is 1. The van der Waals surface area contributed by atoms with Crippen LogP contribution in [0.5, 0.6) is 5.75 Å². The molecule has 0 amide bonds. The lowest BCUT2D eigenvalue weighted by atomic mass is 9.98. The summed E-state index contributed by atoms with van der Waals surface area (Å²) in [5.74, 6) is 0.576. The molecule has 39 heavy (non-hydrogen) atoms. The highest BCUT2D eigenvalue weighted by Crippen LogP contribution is 2.29. The molecule has 1 aromatic heterocycles. The molecule has 0 aliphatic heterocycles. The molecule has 0 radical (unpaired) electrons. The van der Waals surface area contributed by atoms with Crippen molar-refractivity contribution in [2.45, 2.75) is 91.6 Å². The van der Waals surface area contributed by atoms with Gasteiger partial charge in [-0.15, -0.1) is 0 Å². The van der Waals surface area contributed by atoms with Gasteiger partial charge in [-0.25, -0.2) is 0 Å². The van der Waals surface area contributed by atoms with E-state index in [4.69, 9.17) is 9.84 Å². The number of unbranched alkanes of at least 4 members (excludes halogenated alkanes) is 2. The van der Waals surface area contributed by atoms with Crippen LogP contribution in [0.2, 0.25) is 0 Å². The van der Waals surface area contributed by atoms with Crippen molar-refractivity contribution in [2.75, 3.05) is 0 Å². The monoisotopic (exact) mass is 531 g/mol. The Bertz CT molecular complexity index is 1210. The zero-order valence-electron chi connectivity index (χ0n) is 24.3. The number of hydrogen-bond acceptors (Lipinski definition) is 3. The molecular weight excluding hydrogens is 486 g/mol. The Labute approximate surface area is 234 Å². The van der Waals surface area contributed by atoms with Crippen LogP contribution >= 0.6 is 0 Å². The molecule has 210 valence electrons. The fraction of sp³-hybridized carbons (Fsp3) is 0.471. The molecule has 5 heteroatoms. The molecule has 0 bridgehead atoms. The Kier molecular flexibility index (Phi) is 11.4. The molecule has 1 heterocycles. The third-order valence-electron chi connectivity index (χ3n) is 7.32. The van der Waals surface area contributed by atoms with Crippen molar-refractivity contribution < 1.29 is 19.4 Å². The summed E-state index contributed by atoms with van der Waals surface area (Å²) in [7, 11) is 1.96. The van der Waals surface area contributed by atoms with Gasteiger partial charge in [0.05, 0.1) is 0 Å². The number of aromatic nitrogens is 1. The molecule has 3 rings (SSSR count). The number of aryl methyl sites for hydroxylation is 1. The van der Waals surface area contributed by atoms with Crippen LogP contribution < -0.4 is 4.74 Å². The summed E-state index contributed by atoms with van der Waals surface area (Å²) in [6.45, 7) is 8.72. The van der Waals surface area contributed by atoms with Gasteiger partial charge in [0.25, 0.3) is 0 Å².